The lowest BCUT2D eigenvalue weighted by Gasteiger charge is -2.62. The Morgan fingerprint density at radius 2 is 0.923 bits per heavy atom. The minimum Gasteiger partial charge on any atom is -0.358 e. The lowest BCUT2D eigenvalue weighted by atomic mass is 9.53. The predicted molar refractivity (Wildman–Crippen MR) is 202 cm³/mol. The molecule has 52 heavy (non-hydrogen) atoms. The molecule has 2 aromatic carbocycles. The fourth-order valence-electron chi connectivity index (χ4n) is 10.4. The second-order valence-electron chi connectivity index (χ2n) is 19.6. The van der Waals surface area contributed by atoms with Crippen LogP contribution in [0, 0.1) is 23.7 Å². The molecule has 6 atom stereocenters. The summed E-state index contributed by atoms with van der Waals surface area (Å²) in [5.74, 6) is 0.164. The van der Waals surface area contributed by atoms with Gasteiger partial charge in [0.1, 0.15) is 11.6 Å². The third-order valence-corrected chi connectivity index (χ3v) is 12.7. The number of amides is 2. The number of ether oxygens (including phenoxy) is 2. The van der Waals surface area contributed by atoms with Gasteiger partial charge in [-0.2, -0.15) is 0 Å². The predicted octanol–water partition coefficient (Wildman–Crippen LogP) is 7.73. The average Bonchev–Trinajstić information content (AvgIpc) is 3.01. The van der Waals surface area contributed by atoms with E-state index in [1.807, 2.05) is 73.9 Å². The summed E-state index contributed by atoms with van der Waals surface area (Å²) < 4.78 is 12.8. The molecule has 2 amide bonds. The summed E-state index contributed by atoms with van der Waals surface area (Å²) >= 11 is 0. The maximum absolute atomic E-state index is 13.7. The molecule has 8 nitrogen and oxygen atoms in total. The summed E-state index contributed by atoms with van der Waals surface area (Å²) in [5, 5.41) is 0. The lowest BCUT2D eigenvalue weighted by molar-refractivity contribution is -0.256. The van der Waals surface area contributed by atoms with Crippen LogP contribution in [0.4, 0.5) is 11.4 Å². The number of benzene rings is 2. The minimum absolute atomic E-state index is 0.0113. The summed E-state index contributed by atoms with van der Waals surface area (Å²) in [6, 6.07) is 16.3. The first-order chi connectivity index (χ1) is 24.1. The van der Waals surface area contributed by atoms with Crippen molar-refractivity contribution in [2.24, 2.45) is 23.7 Å². The molecule has 280 valence electrons. The Balaban J connectivity index is 0.000000162. The first-order valence-electron chi connectivity index (χ1n) is 19.4. The van der Waals surface area contributed by atoms with E-state index >= 15 is 0 Å². The van der Waals surface area contributed by atoms with Crippen molar-refractivity contribution in [1.29, 1.82) is 0 Å². The molecule has 8 rings (SSSR count). The Morgan fingerprint density at radius 1 is 0.577 bits per heavy atom. The van der Waals surface area contributed by atoms with E-state index in [0.717, 1.165) is 48.2 Å². The summed E-state index contributed by atoms with van der Waals surface area (Å²) in [7, 11) is 0. The SMILES string of the molecule is CC1(C)CC(=O)[C@@H]2C[C@@H]3CCN(c4ccccc4C(C)(C)C)C(=O)[C@]32O1.CC1(C)CC(=O)[C@H]2C[C@H]3CCN(c4ccccc4C(C)(C)C)C(=O)[C@@]32O1. The molecule has 4 heterocycles. The molecule has 2 aromatic rings. The van der Waals surface area contributed by atoms with Crippen molar-refractivity contribution >= 4 is 34.8 Å². The number of anilines is 2. The molecule has 0 unspecified atom stereocenters. The Morgan fingerprint density at radius 3 is 1.27 bits per heavy atom. The van der Waals surface area contributed by atoms with Crippen LogP contribution in [0.3, 0.4) is 0 Å². The van der Waals surface area contributed by atoms with Crippen LogP contribution in [0.2, 0.25) is 0 Å². The maximum atomic E-state index is 13.7. The molecular weight excluding hydrogens is 652 g/mol. The summed E-state index contributed by atoms with van der Waals surface area (Å²) in [6.07, 6.45) is 4.19. The molecular formula is C44H58N2O6. The molecule has 6 aliphatic rings. The molecule has 6 fully saturated rings. The zero-order valence-electron chi connectivity index (χ0n) is 32.9. The van der Waals surface area contributed by atoms with Gasteiger partial charge in [0, 0.05) is 49.1 Å². The number of rotatable bonds is 2. The van der Waals surface area contributed by atoms with Crippen molar-refractivity contribution < 1.29 is 28.7 Å². The van der Waals surface area contributed by atoms with Crippen LogP contribution in [-0.4, -0.2) is 58.9 Å². The first-order valence-corrected chi connectivity index (χ1v) is 19.4. The van der Waals surface area contributed by atoms with Gasteiger partial charge in [0.05, 0.1) is 23.0 Å². The minimum atomic E-state index is -0.942. The summed E-state index contributed by atoms with van der Waals surface area (Å²) in [5.41, 5.74) is 1.07. The normalized spacial score (nSPS) is 33.3. The van der Waals surface area contributed by atoms with Crippen LogP contribution >= 0.6 is 0 Å². The zero-order valence-corrected chi connectivity index (χ0v) is 32.9. The van der Waals surface area contributed by atoms with E-state index in [4.69, 9.17) is 9.47 Å². The molecule has 2 saturated carbocycles. The number of piperidine rings is 2. The number of hydrogen-bond acceptors (Lipinski definition) is 6. The molecule has 2 aliphatic carbocycles. The third kappa shape index (κ3) is 5.69. The number of nitrogens with zero attached hydrogens (tertiary/aromatic N) is 2. The van der Waals surface area contributed by atoms with Gasteiger partial charge in [0.25, 0.3) is 11.8 Å². The number of para-hydroxylation sites is 2. The van der Waals surface area contributed by atoms with Crippen molar-refractivity contribution in [2.75, 3.05) is 22.9 Å². The van der Waals surface area contributed by atoms with Gasteiger partial charge in [0.2, 0.25) is 0 Å². The van der Waals surface area contributed by atoms with Crippen molar-refractivity contribution in [2.45, 2.75) is 141 Å². The van der Waals surface area contributed by atoms with Gasteiger partial charge < -0.3 is 19.3 Å². The van der Waals surface area contributed by atoms with E-state index in [0.29, 0.717) is 25.9 Å². The van der Waals surface area contributed by atoms with E-state index in [1.165, 1.54) is 0 Å². The molecule has 2 spiro atoms. The van der Waals surface area contributed by atoms with Crippen molar-refractivity contribution in [3.63, 3.8) is 0 Å². The fourth-order valence-corrected chi connectivity index (χ4v) is 10.4. The van der Waals surface area contributed by atoms with Gasteiger partial charge >= 0.3 is 0 Å². The van der Waals surface area contributed by atoms with Gasteiger partial charge in [0.15, 0.2) is 11.2 Å². The number of Topliss-reactive ketones (excluding diaryl/α,β-unsaturated/α-hetero) is 2. The largest absolute Gasteiger partial charge is 0.358 e. The first kappa shape index (κ1) is 37.0. The van der Waals surface area contributed by atoms with Crippen LogP contribution in [0.25, 0.3) is 0 Å². The van der Waals surface area contributed by atoms with E-state index in [2.05, 4.69) is 53.7 Å². The standard InChI is InChI=1S/2C22H29NO3/c2*1-20(2,3)15-8-6-7-9-17(15)23-11-10-14-12-16-18(24)13-21(4,5)26-22(14,16)19(23)25/h2*6-9,14,16H,10-13H2,1-5H3/t2*14-,16-,22-/m10/s1. The fraction of sp³-hybridized carbons (Fsp3) is 0.636. The highest BCUT2D eigenvalue weighted by Gasteiger charge is 2.71. The topological polar surface area (TPSA) is 93.2 Å². The lowest BCUT2D eigenvalue weighted by Crippen LogP contribution is -2.75. The summed E-state index contributed by atoms with van der Waals surface area (Å²) in [6.45, 7) is 22.1. The Kier molecular flexibility index (Phi) is 8.59. The van der Waals surface area contributed by atoms with Crippen molar-refractivity contribution in [3.05, 3.63) is 59.7 Å². The Bertz CT molecular complexity index is 1680. The van der Waals surface area contributed by atoms with Gasteiger partial charge in [-0.3, -0.25) is 19.2 Å². The Hall–Kier alpha value is -3.36. The molecule has 8 heteroatoms. The van der Waals surface area contributed by atoms with E-state index in [-0.39, 0.29) is 57.9 Å². The maximum Gasteiger partial charge on any atom is 0.260 e. The average molecular weight is 711 g/mol. The Labute approximate surface area is 310 Å². The van der Waals surface area contributed by atoms with Gasteiger partial charge in [-0.05, 0) is 87.5 Å². The second kappa shape index (κ2) is 12.1. The molecule has 4 saturated heterocycles. The molecule has 0 aromatic heterocycles. The van der Waals surface area contributed by atoms with Gasteiger partial charge in [-0.1, -0.05) is 77.9 Å². The highest BCUT2D eigenvalue weighted by molar-refractivity contribution is 6.07. The van der Waals surface area contributed by atoms with Crippen molar-refractivity contribution in [1.82, 2.24) is 0 Å². The smallest absolute Gasteiger partial charge is 0.260 e. The number of carbonyl (C=O) groups excluding carboxylic acids is 4. The molecule has 4 aliphatic heterocycles. The van der Waals surface area contributed by atoms with Crippen LogP contribution in [0.5, 0.6) is 0 Å². The summed E-state index contributed by atoms with van der Waals surface area (Å²) in [4.78, 5) is 56.6. The molecule has 0 radical (unpaired) electrons. The highest BCUT2D eigenvalue weighted by atomic mass is 16.5. The second-order valence-corrected chi connectivity index (χ2v) is 19.6. The van der Waals surface area contributed by atoms with E-state index in [9.17, 15) is 19.2 Å². The zero-order chi connectivity index (χ0) is 37.8. The number of ketones is 2. The molecule has 0 bridgehead atoms. The van der Waals surface area contributed by atoms with Crippen molar-refractivity contribution in [3.8, 4) is 0 Å². The van der Waals surface area contributed by atoms with Gasteiger partial charge in [-0.25, -0.2) is 0 Å². The van der Waals surface area contributed by atoms with Crippen LogP contribution in [0.15, 0.2) is 48.5 Å². The van der Waals surface area contributed by atoms with Gasteiger partial charge in [-0.15, -0.1) is 0 Å². The van der Waals surface area contributed by atoms with E-state index < -0.39 is 22.4 Å². The third-order valence-electron chi connectivity index (χ3n) is 12.7. The monoisotopic (exact) mass is 710 g/mol. The van der Waals surface area contributed by atoms with Crippen LogP contribution in [-0.2, 0) is 39.5 Å². The quantitative estimate of drug-likeness (QED) is 0.317. The van der Waals surface area contributed by atoms with Crippen LogP contribution < -0.4 is 9.80 Å². The molecule has 0 N–H and O–H groups in total. The number of hydrogen-bond donors (Lipinski definition) is 0. The van der Waals surface area contributed by atoms with E-state index in [1.54, 1.807) is 0 Å². The number of carbonyl (C=O) groups is 4. The highest BCUT2D eigenvalue weighted by Crippen LogP contribution is 2.59. The van der Waals surface area contributed by atoms with Crippen LogP contribution in [0.1, 0.15) is 119 Å².